The Hall–Kier alpha value is -2.66. The van der Waals surface area contributed by atoms with Crippen LogP contribution < -0.4 is 10.7 Å². The number of nitrogens with one attached hydrogen (secondary N) is 1. The van der Waals surface area contributed by atoms with E-state index in [1.54, 1.807) is 36.5 Å². The minimum absolute atomic E-state index is 0.0544. The van der Waals surface area contributed by atoms with Crippen molar-refractivity contribution in [3.63, 3.8) is 0 Å². The number of hydrogen-bond acceptors (Lipinski definition) is 2. The van der Waals surface area contributed by atoms with E-state index in [2.05, 4.69) is 5.32 Å². The molecule has 3 aromatic rings. The van der Waals surface area contributed by atoms with Crippen LogP contribution in [0.15, 0.2) is 53.5 Å². The Kier molecular flexibility index (Phi) is 4.86. The van der Waals surface area contributed by atoms with Crippen LogP contribution in [-0.4, -0.2) is 10.5 Å². The summed E-state index contributed by atoms with van der Waals surface area (Å²) >= 11 is 5.99. The highest BCUT2D eigenvalue weighted by atomic mass is 35.5. The molecule has 0 aliphatic carbocycles. The number of nitrogens with zero attached hydrogens (tertiary/aromatic N) is 1. The predicted octanol–water partition coefficient (Wildman–Crippen LogP) is 3.74. The quantitative estimate of drug-likeness (QED) is 0.772. The largest absolute Gasteiger partial charge is 0.348 e. The van der Waals surface area contributed by atoms with Gasteiger partial charge in [-0.25, -0.2) is 4.39 Å². The molecule has 0 aliphatic rings. The molecule has 4 nitrogen and oxygen atoms in total. The minimum atomic E-state index is -0.474. The maximum absolute atomic E-state index is 12.9. The molecule has 0 saturated heterocycles. The number of fused-ring (bicyclic) bond motifs is 1. The van der Waals surface area contributed by atoms with Crippen LogP contribution in [0.5, 0.6) is 0 Å². The molecular formula is C19H16ClFN2O2. The highest BCUT2D eigenvalue weighted by molar-refractivity contribution is 6.31. The molecule has 128 valence electrons. The zero-order valence-electron chi connectivity index (χ0n) is 13.6. The van der Waals surface area contributed by atoms with Gasteiger partial charge in [0.15, 0.2) is 0 Å². The van der Waals surface area contributed by atoms with Gasteiger partial charge in [-0.05, 0) is 42.8 Å². The first kappa shape index (κ1) is 17.2. The van der Waals surface area contributed by atoms with Crippen molar-refractivity contribution in [2.75, 3.05) is 0 Å². The normalized spacial score (nSPS) is 10.8. The summed E-state index contributed by atoms with van der Waals surface area (Å²) in [5.41, 5.74) is 1.17. The molecule has 0 unspecified atom stereocenters. The summed E-state index contributed by atoms with van der Waals surface area (Å²) in [7, 11) is 0. The first-order valence-electron chi connectivity index (χ1n) is 7.85. The second-order valence-corrected chi connectivity index (χ2v) is 6.06. The standard InChI is InChI=1S/C19H16ClFN2O2/c1-2-23-11-16(18(24)15-9-13(20)5-8-17(15)23)19(25)22-10-12-3-6-14(21)7-4-12/h3-9,11H,2,10H2,1H3,(H,22,25). The number of rotatable bonds is 4. The maximum Gasteiger partial charge on any atom is 0.257 e. The molecule has 0 saturated carbocycles. The van der Waals surface area contributed by atoms with Gasteiger partial charge in [0.2, 0.25) is 5.43 Å². The third-order valence-electron chi connectivity index (χ3n) is 3.99. The number of amides is 1. The Balaban J connectivity index is 1.94. The first-order chi connectivity index (χ1) is 12.0. The Labute approximate surface area is 148 Å². The van der Waals surface area contributed by atoms with E-state index in [1.165, 1.54) is 12.1 Å². The van der Waals surface area contributed by atoms with Gasteiger partial charge in [-0.3, -0.25) is 9.59 Å². The maximum atomic E-state index is 12.9. The third-order valence-corrected chi connectivity index (χ3v) is 4.23. The van der Waals surface area contributed by atoms with Crippen LogP contribution >= 0.6 is 11.6 Å². The fourth-order valence-electron chi connectivity index (χ4n) is 2.67. The van der Waals surface area contributed by atoms with Crippen molar-refractivity contribution in [2.45, 2.75) is 20.0 Å². The van der Waals surface area contributed by atoms with Crippen molar-refractivity contribution in [2.24, 2.45) is 0 Å². The molecule has 0 spiro atoms. The minimum Gasteiger partial charge on any atom is -0.348 e. The van der Waals surface area contributed by atoms with Gasteiger partial charge in [-0.15, -0.1) is 0 Å². The van der Waals surface area contributed by atoms with Crippen molar-refractivity contribution in [3.8, 4) is 0 Å². The zero-order chi connectivity index (χ0) is 18.0. The smallest absolute Gasteiger partial charge is 0.257 e. The van der Waals surface area contributed by atoms with Crippen molar-refractivity contribution >= 4 is 28.4 Å². The lowest BCUT2D eigenvalue weighted by atomic mass is 10.1. The van der Waals surface area contributed by atoms with E-state index in [4.69, 9.17) is 11.6 Å². The molecule has 6 heteroatoms. The van der Waals surface area contributed by atoms with E-state index < -0.39 is 5.91 Å². The van der Waals surface area contributed by atoms with Gasteiger partial charge in [0.25, 0.3) is 5.91 Å². The van der Waals surface area contributed by atoms with Crippen molar-refractivity contribution in [3.05, 3.63) is 80.9 Å². The van der Waals surface area contributed by atoms with Crippen LogP contribution in [0.3, 0.4) is 0 Å². The molecule has 0 bridgehead atoms. The molecule has 0 radical (unpaired) electrons. The Bertz CT molecular complexity index is 997. The monoisotopic (exact) mass is 358 g/mol. The Morgan fingerprint density at radius 3 is 2.60 bits per heavy atom. The topological polar surface area (TPSA) is 51.1 Å². The lowest BCUT2D eigenvalue weighted by Gasteiger charge is -2.12. The molecule has 2 aromatic carbocycles. The van der Waals surface area contributed by atoms with Crippen LogP contribution in [0, 0.1) is 5.82 Å². The van der Waals surface area contributed by atoms with Gasteiger partial charge < -0.3 is 9.88 Å². The Morgan fingerprint density at radius 1 is 1.20 bits per heavy atom. The fraction of sp³-hybridized carbons (Fsp3) is 0.158. The van der Waals surface area contributed by atoms with Crippen LogP contribution in [0.1, 0.15) is 22.8 Å². The zero-order valence-corrected chi connectivity index (χ0v) is 14.3. The molecule has 0 fully saturated rings. The average Bonchev–Trinajstić information content (AvgIpc) is 2.61. The SMILES string of the molecule is CCn1cc(C(=O)NCc2ccc(F)cc2)c(=O)c2cc(Cl)ccc21. The van der Waals surface area contributed by atoms with Crippen LogP contribution in [0.2, 0.25) is 5.02 Å². The van der Waals surface area contributed by atoms with E-state index in [0.29, 0.717) is 17.0 Å². The summed E-state index contributed by atoms with van der Waals surface area (Å²) in [6, 6.07) is 10.9. The first-order valence-corrected chi connectivity index (χ1v) is 8.22. The van der Waals surface area contributed by atoms with Gasteiger partial charge in [-0.1, -0.05) is 23.7 Å². The number of carbonyl (C=O) groups is 1. The summed E-state index contributed by atoms with van der Waals surface area (Å²) in [6.45, 7) is 2.74. The number of hydrogen-bond donors (Lipinski definition) is 1. The van der Waals surface area contributed by atoms with Crippen LogP contribution in [-0.2, 0) is 13.1 Å². The van der Waals surface area contributed by atoms with Crippen molar-refractivity contribution in [1.82, 2.24) is 9.88 Å². The molecule has 0 aliphatic heterocycles. The molecule has 3 rings (SSSR count). The number of benzene rings is 2. The summed E-state index contributed by atoms with van der Waals surface area (Å²) in [6.07, 6.45) is 1.55. The van der Waals surface area contributed by atoms with Gasteiger partial charge in [0, 0.05) is 29.7 Å². The number of pyridine rings is 1. The molecule has 1 N–H and O–H groups in total. The van der Waals surface area contributed by atoms with Gasteiger partial charge in [0.05, 0.1) is 5.52 Å². The predicted molar refractivity (Wildman–Crippen MR) is 96.5 cm³/mol. The van der Waals surface area contributed by atoms with Crippen LogP contribution in [0.25, 0.3) is 10.9 Å². The number of aromatic nitrogens is 1. The number of aryl methyl sites for hydroxylation is 1. The van der Waals surface area contributed by atoms with Gasteiger partial charge in [0.1, 0.15) is 11.4 Å². The van der Waals surface area contributed by atoms with E-state index in [9.17, 15) is 14.0 Å². The van der Waals surface area contributed by atoms with E-state index in [-0.39, 0.29) is 23.4 Å². The number of carbonyl (C=O) groups excluding carboxylic acids is 1. The molecule has 1 heterocycles. The molecule has 25 heavy (non-hydrogen) atoms. The van der Waals surface area contributed by atoms with Gasteiger partial charge in [-0.2, -0.15) is 0 Å². The second-order valence-electron chi connectivity index (χ2n) is 5.63. The van der Waals surface area contributed by atoms with Crippen LogP contribution in [0.4, 0.5) is 4.39 Å². The molecular weight excluding hydrogens is 343 g/mol. The second kappa shape index (κ2) is 7.07. The molecule has 1 aromatic heterocycles. The third kappa shape index (κ3) is 3.56. The fourth-order valence-corrected chi connectivity index (χ4v) is 2.84. The summed E-state index contributed by atoms with van der Waals surface area (Å²) in [5, 5.41) is 3.55. The molecule has 0 atom stereocenters. The van der Waals surface area contributed by atoms with E-state index >= 15 is 0 Å². The lowest BCUT2D eigenvalue weighted by Crippen LogP contribution is -2.29. The summed E-state index contributed by atoms with van der Waals surface area (Å²) in [5.74, 6) is -0.814. The van der Waals surface area contributed by atoms with E-state index in [1.807, 2.05) is 11.5 Å². The summed E-state index contributed by atoms with van der Waals surface area (Å²) in [4.78, 5) is 25.1. The van der Waals surface area contributed by atoms with E-state index in [0.717, 1.165) is 11.1 Å². The van der Waals surface area contributed by atoms with Gasteiger partial charge >= 0.3 is 0 Å². The number of halogens is 2. The highest BCUT2D eigenvalue weighted by Gasteiger charge is 2.15. The highest BCUT2D eigenvalue weighted by Crippen LogP contribution is 2.17. The summed E-state index contributed by atoms with van der Waals surface area (Å²) < 4.78 is 14.8. The average molecular weight is 359 g/mol. The van der Waals surface area contributed by atoms with Crippen molar-refractivity contribution in [1.29, 1.82) is 0 Å². The Morgan fingerprint density at radius 2 is 1.92 bits per heavy atom. The van der Waals surface area contributed by atoms with Crippen molar-refractivity contribution < 1.29 is 9.18 Å². The lowest BCUT2D eigenvalue weighted by molar-refractivity contribution is 0.0949. The molecule has 1 amide bonds.